The fraction of sp³-hybridized carbons (Fsp3) is 0.400. The van der Waals surface area contributed by atoms with Crippen molar-refractivity contribution in [3.05, 3.63) is 42.6 Å². The van der Waals surface area contributed by atoms with Crippen LogP contribution < -0.4 is 0 Å². The summed E-state index contributed by atoms with van der Waals surface area (Å²) in [5.41, 5.74) is 2.01. The number of hydrogen-bond donors (Lipinski definition) is 1. The number of pyridine rings is 1. The molecule has 98 valence electrons. The topological polar surface area (TPSA) is 58.9 Å². The highest BCUT2D eigenvalue weighted by atomic mass is 16.3. The van der Waals surface area contributed by atoms with Crippen molar-refractivity contribution in [3.8, 4) is 11.3 Å². The molecule has 0 atom stereocenters. The van der Waals surface area contributed by atoms with Crippen LogP contribution in [-0.4, -0.2) is 26.2 Å². The second kappa shape index (κ2) is 5.45. The van der Waals surface area contributed by atoms with Gasteiger partial charge in [-0.25, -0.2) is 9.97 Å². The Bertz CT molecular complexity index is 536. The van der Waals surface area contributed by atoms with Crippen LogP contribution in [0.5, 0.6) is 0 Å². The molecule has 1 N–H and O–H groups in total. The lowest BCUT2D eigenvalue weighted by Gasteiger charge is -2.24. The van der Waals surface area contributed by atoms with Gasteiger partial charge in [-0.3, -0.25) is 4.98 Å². The van der Waals surface area contributed by atoms with Crippen LogP contribution in [0.15, 0.2) is 36.8 Å². The molecule has 4 heteroatoms. The molecule has 3 rings (SSSR count). The molecule has 1 aliphatic carbocycles. The molecular weight excluding hydrogens is 238 g/mol. The molecule has 1 aliphatic rings. The maximum absolute atomic E-state index is 9.56. The van der Waals surface area contributed by atoms with Gasteiger partial charge in [0.1, 0.15) is 5.82 Å². The quantitative estimate of drug-likeness (QED) is 0.896. The number of hydrogen-bond acceptors (Lipinski definition) is 4. The zero-order chi connectivity index (χ0) is 13.1. The fourth-order valence-corrected chi connectivity index (χ4v) is 2.59. The van der Waals surface area contributed by atoms with Gasteiger partial charge in [0, 0.05) is 30.1 Å². The Morgan fingerprint density at radius 1 is 0.947 bits per heavy atom. The summed E-state index contributed by atoms with van der Waals surface area (Å²) >= 11 is 0. The summed E-state index contributed by atoms with van der Waals surface area (Å²) in [5, 5.41) is 9.56. The second-order valence-corrected chi connectivity index (χ2v) is 5.04. The first-order valence-corrected chi connectivity index (χ1v) is 6.74. The van der Waals surface area contributed by atoms with E-state index in [4.69, 9.17) is 0 Å². The summed E-state index contributed by atoms with van der Waals surface area (Å²) in [5.74, 6) is 1.28. The average molecular weight is 255 g/mol. The van der Waals surface area contributed by atoms with E-state index in [1.807, 2.05) is 24.4 Å². The van der Waals surface area contributed by atoms with Crippen molar-refractivity contribution in [2.45, 2.75) is 37.7 Å². The Kier molecular flexibility index (Phi) is 3.51. The van der Waals surface area contributed by atoms with E-state index < -0.39 is 0 Å². The number of nitrogens with zero attached hydrogens (tertiary/aromatic N) is 3. The van der Waals surface area contributed by atoms with E-state index in [0.717, 1.165) is 42.8 Å². The van der Waals surface area contributed by atoms with Crippen LogP contribution in [0.25, 0.3) is 11.3 Å². The minimum Gasteiger partial charge on any atom is -0.393 e. The van der Waals surface area contributed by atoms with E-state index in [9.17, 15) is 5.11 Å². The van der Waals surface area contributed by atoms with Crippen molar-refractivity contribution in [1.29, 1.82) is 0 Å². The molecule has 0 spiro atoms. The van der Waals surface area contributed by atoms with E-state index in [2.05, 4.69) is 15.0 Å². The van der Waals surface area contributed by atoms with Crippen molar-refractivity contribution >= 4 is 0 Å². The summed E-state index contributed by atoms with van der Waals surface area (Å²) in [6.45, 7) is 0. The first-order chi connectivity index (χ1) is 9.33. The third kappa shape index (κ3) is 2.79. The van der Waals surface area contributed by atoms with Gasteiger partial charge in [-0.05, 0) is 43.9 Å². The van der Waals surface area contributed by atoms with Crippen LogP contribution in [0.1, 0.15) is 37.4 Å². The van der Waals surface area contributed by atoms with Crippen LogP contribution in [0.3, 0.4) is 0 Å². The number of aliphatic hydroxyl groups excluding tert-OH is 1. The summed E-state index contributed by atoms with van der Waals surface area (Å²) in [7, 11) is 0. The molecule has 0 bridgehead atoms. The molecule has 1 saturated carbocycles. The molecule has 2 aromatic rings. The Labute approximate surface area is 112 Å². The maximum atomic E-state index is 9.56. The van der Waals surface area contributed by atoms with Crippen molar-refractivity contribution < 1.29 is 5.11 Å². The van der Waals surface area contributed by atoms with E-state index in [1.54, 1.807) is 12.4 Å². The third-order valence-corrected chi connectivity index (χ3v) is 3.71. The normalized spacial score (nSPS) is 23.2. The van der Waals surface area contributed by atoms with Crippen LogP contribution in [0, 0.1) is 0 Å². The largest absolute Gasteiger partial charge is 0.393 e. The third-order valence-electron chi connectivity index (χ3n) is 3.71. The molecule has 0 unspecified atom stereocenters. The van der Waals surface area contributed by atoms with Gasteiger partial charge in [0.05, 0.1) is 11.8 Å². The maximum Gasteiger partial charge on any atom is 0.132 e. The highest BCUT2D eigenvalue weighted by Gasteiger charge is 2.22. The minimum atomic E-state index is -0.139. The molecule has 0 radical (unpaired) electrons. The van der Waals surface area contributed by atoms with Crippen LogP contribution in [0.4, 0.5) is 0 Å². The Morgan fingerprint density at radius 3 is 2.42 bits per heavy atom. The van der Waals surface area contributed by atoms with Gasteiger partial charge in [0.15, 0.2) is 0 Å². The van der Waals surface area contributed by atoms with Gasteiger partial charge < -0.3 is 5.11 Å². The second-order valence-electron chi connectivity index (χ2n) is 5.04. The van der Waals surface area contributed by atoms with E-state index in [-0.39, 0.29) is 6.10 Å². The summed E-state index contributed by atoms with van der Waals surface area (Å²) in [6, 6.07) is 5.84. The van der Waals surface area contributed by atoms with Gasteiger partial charge in [0.2, 0.25) is 0 Å². The molecular formula is C15H17N3O. The van der Waals surface area contributed by atoms with Gasteiger partial charge in [-0.15, -0.1) is 0 Å². The van der Waals surface area contributed by atoms with E-state index in [0.29, 0.717) is 5.92 Å². The number of aromatic nitrogens is 3. The smallest absolute Gasteiger partial charge is 0.132 e. The first kappa shape index (κ1) is 12.2. The highest BCUT2D eigenvalue weighted by Crippen LogP contribution is 2.31. The van der Waals surface area contributed by atoms with Crippen molar-refractivity contribution in [2.24, 2.45) is 0 Å². The minimum absolute atomic E-state index is 0.139. The predicted octanol–water partition coefficient (Wildman–Crippen LogP) is 2.56. The molecule has 0 aromatic carbocycles. The number of aliphatic hydroxyl groups is 1. The van der Waals surface area contributed by atoms with E-state index >= 15 is 0 Å². The average Bonchev–Trinajstić information content (AvgIpc) is 2.49. The number of rotatable bonds is 2. The molecule has 1 fully saturated rings. The summed E-state index contributed by atoms with van der Waals surface area (Å²) in [4.78, 5) is 13.1. The SMILES string of the molecule is OC1CCC(c2nccc(-c3ccncc3)n2)CC1. The highest BCUT2D eigenvalue weighted by molar-refractivity contribution is 5.57. The lowest BCUT2D eigenvalue weighted by molar-refractivity contribution is 0.121. The standard InChI is InChI=1S/C15H17N3O/c19-13-3-1-12(2-4-13)15-17-10-7-14(18-15)11-5-8-16-9-6-11/h5-10,12-13,19H,1-4H2. The van der Waals surface area contributed by atoms with Crippen LogP contribution >= 0.6 is 0 Å². The van der Waals surface area contributed by atoms with Crippen molar-refractivity contribution in [3.63, 3.8) is 0 Å². The molecule has 2 heterocycles. The summed E-state index contributed by atoms with van der Waals surface area (Å²) < 4.78 is 0. The van der Waals surface area contributed by atoms with Gasteiger partial charge >= 0.3 is 0 Å². The first-order valence-electron chi connectivity index (χ1n) is 6.74. The van der Waals surface area contributed by atoms with Crippen LogP contribution in [-0.2, 0) is 0 Å². The van der Waals surface area contributed by atoms with Gasteiger partial charge in [-0.2, -0.15) is 0 Å². The molecule has 0 saturated heterocycles. The van der Waals surface area contributed by atoms with Crippen molar-refractivity contribution in [2.75, 3.05) is 0 Å². The monoisotopic (exact) mass is 255 g/mol. The molecule has 0 amide bonds. The zero-order valence-corrected chi connectivity index (χ0v) is 10.7. The molecule has 4 nitrogen and oxygen atoms in total. The van der Waals surface area contributed by atoms with Crippen molar-refractivity contribution in [1.82, 2.24) is 15.0 Å². The Morgan fingerprint density at radius 2 is 1.68 bits per heavy atom. The Balaban J connectivity index is 1.84. The Hall–Kier alpha value is -1.81. The zero-order valence-electron chi connectivity index (χ0n) is 10.7. The lowest BCUT2D eigenvalue weighted by atomic mass is 9.87. The van der Waals surface area contributed by atoms with Crippen LogP contribution in [0.2, 0.25) is 0 Å². The molecule has 19 heavy (non-hydrogen) atoms. The lowest BCUT2D eigenvalue weighted by Crippen LogP contribution is -2.18. The fourth-order valence-electron chi connectivity index (χ4n) is 2.59. The molecule has 0 aliphatic heterocycles. The predicted molar refractivity (Wildman–Crippen MR) is 72.5 cm³/mol. The molecule has 2 aromatic heterocycles. The summed E-state index contributed by atoms with van der Waals surface area (Å²) in [6.07, 6.45) is 8.88. The van der Waals surface area contributed by atoms with Gasteiger partial charge in [-0.1, -0.05) is 0 Å². The van der Waals surface area contributed by atoms with Gasteiger partial charge in [0.25, 0.3) is 0 Å². The van der Waals surface area contributed by atoms with E-state index in [1.165, 1.54) is 0 Å².